The van der Waals surface area contributed by atoms with Gasteiger partial charge in [0, 0.05) is 17.6 Å². The number of carbonyl (C=O) groups is 2. The van der Waals surface area contributed by atoms with E-state index < -0.39 is 11.7 Å². The van der Waals surface area contributed by atoms with Gasteiger partial charge in [0.15, 0.2) is 0 Å². The van der Waals surface area contributed by atoms with Crippen molar-refractivity contribution in [3.8, 4) is 0 Å². The van der Waals surface area contributed by atoms with E-state index in [1.54, 1.807) is 25.7 Å². The minimum atomic E-state index is -0.580. The van der Waals surface area contributed by atoms with Crippen molar-refractivity contribution in [1.29, 1.82) is 0 Å². The fraction of sp³-hybridized carbons (Fsp3) is 0.500. The third kappa shape index (κ3) is 4.16. The first-order valence-corrected chi connectivity index (χ1v) is 8.21. The van der Waals surface area contributed by atoms with Crippen molar-refractivity contribution < 1.29 is 14.3 Å². The van der Waals surface area contributed by atoms with Crippen LogP contribution in [0, 0.1) is 6.92 Å². The summed E-state index contributed by atoms with van der Waals surface area (Å²) in [5.74, 6) is -0.175. The predicted molar refractivity (Wildman–Crippen MR) is 93.5 cm³/mol. The van der Waals surface area contributed by atoms with Crippen LogP contribution in [0.15, 0.2) is 16.6 Å². The highest BCUT2D eigenvalue weighted by Gasteiger charge is 2.31. The average molecular weight is 384 g/mol. The zero-order valence-corrected chi connectivity index (χ0v) is 15.4. The first-order valence-electron chi connectivity index (χ1n) is 7.42. The third-order valence-corrected chi connectivity index (χ3v) is 4.07. The summed E-state index contributed by atoms with van der Waals surface area (Å²) in [5.41, 5.74) is 7.69. The molecule has 7 heteroatoms. The number of anilines is 2. The number of hydrogen-bond acceptors (Lipinski definition) is 4. The zero-order valence-electron chi connectivity index (χ0n) is 13.9. The molecule has 0 atom stereocenters. The predicted octanol–water partition coefficient (Wildman–Crippen LogP) is 2.92. The van der Waals surface area contributed by atoms with Gasteiger partial charge in [0.05, 0.1) is 11.4 Å². The molecule has 1 heterocycles. The van der Waals surface area contributed by atoms with E-state index in [1.807, 2.05) is 19.1 Å². The number of carbonyl (C=O) groups excluding carboxylic acids is 2. The summed E-state index contributed by atoms with van der Waals surface area (Å²) >= 11 is 3.40. The van der Waals surface area contributed by atoms with Gasteiger partial charge in [-0.1, -0.05) is 0 Å². The average Bonchev–Trinajstić information content (AvgIpc) is 2.41. The monoisotopic (exact) mass is 383 g/mol. The maximum absolute atomic E-state index is 12.5. The van der Waals surface area contributed by atoms with Gasteiger partial charge in [0.1, 0.15) is 12.1 Å². The second kappa shape index (κ2) is 6.39. The summed E-state index contributed by atoms with van der Waals surface area (Å²) < 4.78 is 6.07. The molecule has 2 N–H and O–H groups in total. The van der Waals surface area contributed by atoms with Crippen LogP contribution in [0.25, 0.3) is 0 Å². The molecule has 0 aliphatic carbocycles. The SMILES string of the molecule is Cc1cc(Br)c(N)c(N2CCN(C(=O)OC(C)(C)C)CC2=O)c1. The zero-order chi connectivity index (χ0) is 17.4. The molecule has 1 saturated heterocycles. The summed E-state index contributed by atoms with van der Waals surface area (Å²) in [6.45, 7) is 8.12. The Morgan fingerprint density at radius 1 is 1.30 bits per heavy atom. The topological polar surface area (TPSA) is 75.9 Å². The summed E-state index contributed by atoms with van der Waals surface area (Å²) in [5, 5.41) is 0. The van der Waals surface area contributed by atoms with E-state index in [1.165, 1.54) is 4.90 Å². The molecule has 0 saturated carbocycles. The summed E-state index contributed by atoms with van der Waals surface area (Å²) in [6, 6.07) is 3.78. The van der Waals surface area contributed by atoms with Crippen LogP contribution in [0.5, 0.6) is 0 Å². The van der Waals surface area contributed by atoms with E-state index in [0.717, 1.165) is 10.0 Å². The van der Waals surface area contributed by atoms with Crippen LogP contribution >= 0.6 is 15.9 Å². The van der Waals surface area contributed by atoms with Gasteiger partial charge < -0.3 is 15.4 Å². The van der Waals surface area contributed by atoms with Gasteiger partial charge in [0.2, 0.25) is 5.91 Å². The Bertz CT molecular complexity index is 640. The maximum atomic E-state index is 12.5. The van der Waals surface area contributed by atoms with Gasteiger partial charge in [0.25, 0.3) is 0 Å². The number of nitrogen functional groups attached to an aromatic ring is 1. The molecule has 0 radical (unpaired) electrons. The van der Waals surface area contributed by atoms with Crippen LogP contribution in [0.1, 0.15) is 26.3 Å². The minimum Gasteiger partial charge on any atom is -0.444 e. The minimum absolute atomic E-state index is 0.0140. The molecule has 2 amide bonds. The van der Waals surface area contributed by atoms with Crippen LogP contribution in [0.2, 0.25) is 0 Å². The Kier molecular flexibility index (Phi) is 4.89. The summed E-state index contributed by atoms with van der Waals surface area (Å²) in [6.07, 6.45) is -0.469. The largest absolute Gasteiger partial charge is 0.444 e. The molecule has 126 valence electrons. The molecule has 0 aromatic heterocycles. The molecule has 6 nitrogen and oxygen atoms in total. The number of aryl methyl sites for hydroxylation is 1. The lowest BCUT2D eigenvalue weighted by Crippen LogP contribution is -2.53. The summed E-state index contributed by atoms with van der Waals surface area (Å²) in [7, 11) is 0. The van der Waals surface area contributed by atoms with E-state index in [9.17, 15) is 9.59 Å². The van der Waals surface area contributed by atoms with E-state index in [2.05, 4.69) is 15.9 Å². The molecular formula is C16H22BrN3O3. The Balaban J connectivity index is 2.14. The van der Waals surface area contributed by atoms with E-state index in [-0.39, 0.29) is 12.5 Å². The molecule has 0 bridgehead atoms. The van der Waals surface area contributed by atoms with E-state index in [4.69, 9.17) is 10.5 Å². The number of nitrogens with two attached hydrogens (primary N) is 1. The molecule has 1 aromatic rings. The highest BCUT2D eigenvalue weighted by molar-refractivity contribution is 9.10. The third-order valence-electron chi connectivity index (χ3n) is 3.42. The number of amides is 2. The van der Waals surface area contributed by atoms with Crippen LogP contribution in [0.3, 0.4) is 0 Å². The number of halogens is 1. The molecule has 0 unspecified atom stereocenters. The normalized spacial score (nSPS) is 15.8. The Hall–Kier alpha value is -1.76. The lowest BCUT2D eigenvalue weighted by atomic mass is 10.1. The van der Waals surface area contributed by atoms with Gasteiger partial charge in [-0.05, 0) is 61.3 Å². The number of benzene rings is 1. The highest BCUT2D eigenvalue weighted by atomic mass is 79.9. The van der Waals surface area contributed by atoms with Gasteiger partial charge in [-0.25, -0.2) is 4.79 Å². The highest BCUT2D eigenvalue weighted by Crippen LogP contribution is 2.33. The van der Waals surface area contributed by atoms with Crippen molar-refractivity contribution in [1.82, 2.24) is 4.90 Å². The number of ether oxygens (including phenoxy) is 1. The van der Waals surface area contributed by atoms with E-state index >= 15 is 0 Å². The maximum Gasteiger partial charge on any atom is 0.410 e. The van der Waals surface area contributed by atoms with E-state index in [0.29, 0.717) is 24.5 Å². The van der Waals surface area contributed by atoms with Crippen LogP contribution in [-0.2, 0) is 9.53 Å². The molecule has 0 spiro atoms. The van der Waals surface area contributed by atoms with Crippen LogP contribution in [-0.4, -0.2) is 42.1 Å². The standard InChI is InChI=1S/C16H22BrN3O3/c1-10-7-11(17)14(18)12(8-10)20-6-5-19(9-13(20)21)15(22)23-16(2,3)4/h7-8H,5-6,9,18H2,1-4H3. The van der Waals surface area contributed by atoms with Crippen molar-refractivity contribution in [2.75, 3.05) is 30.3 Å². The number of nitrogens with zero attached hydrogens (tertiary/aromatic N) is 2. The Labute approximate surface area is 144 Å². The quantitative estimate of drug-likeness (QED) is 0.756. The van der Waals surface area contributed by atoms with Crippen molar-refractivity contribution in [3.05, 3.63) is 22.2 Å². The Morgan fingerprint density at radius 3 is 2.52 bits per heavy atom. The van der Waals surface area contributed by atoms with Crippen molar-refractivity contribution >= 4 is 39.3 Å². The van der Waals surface area contributed by atoms with Crippen LogP contribution in [0.4, 0.5) is 16.2 Å². The Morgan fingerprint density at radius 2 is 1.96 bits per heavy atom. The fourth-order valence-electron chi connectivity index (χ4n) is 2.37. The van der Waals surface area contributed by atoms with Crippen LogP contribution < -0.4 is 10.6 Å². The molecule has 23 heavy (non-hydrogen) atoms. The lowest BCUT2D eigenvalue weighted by molar-refractivity contribution is -0.121. The molecule has 2 rings (SSSR count). The second-order valence-corrected chi connectivity index (χ2v) is 7.48. The van der Waals surface area contributed by atoms with Gasteiger partial charge in [-0.15, -0.1) is 0 Å². The fourth-order valence-corrected chi connectivity index (χ4v) is 2.93. The number of hydrogen-bond donors (Lipinski definition) is 1. The van der Waals surface area contributed by atoms with Gasteiger partial charge in [-0.2, -0.15) is 0 Å². The first-order chi connectivity index (χ1) is 10.6. The van der Waals surface area contributed by atoms with Gasteiger partial charge >= 0.3 is 6.09 Å². The molecule has 1 aromatic carbocycles. The molecular weight excluding hydrogens is 362 g/mol. The number of piperazine rings is 1. The van der Waals surface area contributed by atoms with Crippen molar-refractivity contribution in [2.45, 2.75) is 33.3 Å². The molecule has 1 fully saturated rings. The smallest absolute Gasteiger partial charge is 0.410 e. The second-order valence-electron chi connectivity index (χ2n) is 6.63. The lowest BCUT2D eigenvalue weighted by Gasteiger charge is -2.35. The van der Waals surface area contributed by atoms with Gasteiger partial charge in [-0.3, -0.25) is 9.69 Å². The molecule has 1 aliphatic heterocycles. The summed E-state index contributed by atoms with van der Waals surface area (Å²) in [4.78, 5) is 27.6. The first kappa shape index (κ1) is 17.6. The van der Waals surface area contributed by atoms with Crippen molar-refractivity contribution in [3.63, 3.8) is 0 Å². The molecule has 1 aliphatic rings. The number of rotatable bonds is 1. The van der Waals surface area contributed by atoms with Crippen molar-refractivity contribution in [2.24, 2.45) is 0 Å².